The topological polar surface area (TPSA) is 102 Å². The van der Waals surface area contributed by atoms with Crippen molar-refractivity contribution in [3.05, 3.63) is 60.0 Å². The molecule has 0 bridgehead atoms. The number of imidazole rings is 1. The number of hydrogen-bond donors (Lipinski definition) is 1. The maximum atomic E-state index is 13.3. The molecule has 1 aliphatic carbocycles. The zero-order chi connectivity index (χ0) is 26.5. The van der Waals surface area contributed by atoms with Gasteiger partial charge >= 0.3 is 6.09 Å². The minimum Gasteiger partial charge on any atom is -0.444 e. The Labute approximate surface area is 224 Å². The Hall–Kier alpha value is -3.79. The molecule has 1 spiro atoms. The molecule has 4 aromatic rings. The lowest BCUT2D eigenvalue weighted by molar-refractivity contribution is 0.0199. The van der Waals surface area contributed by atoms with Crippen LogP contribution >= 0.6 is 11.3 Å². The van der Waals surface area contributed by atoms with Crippen molar-refractivity contribution in [3.8, 4) is 10.4 Å². The number of ether oxygens (including phenoxy) is 1. The molecule has 4 heterocycles. The fourth-order valence-corrected chi connectivity index (χ4v) is 6.46. The average Bonchev–Trinajstić information content (AvgIpc) is 3.59. The Kier molecular flexibility index (Phi) is 5.94. The molecule has 0 atom stereocenters. The molecule has 1 saturated heterocycles. The van der Waals surface area contributed by atoms with Gasteiger partial charge in [-0.15, -0.1) is 11.3 Å². The SMILES string of the molecule is CC(C)(C)OC(=O)N1CC[C@]2(C1)C[C@H](n1c(NC(=O)c3ccc(-c4cncnc4)s3)nc3ccccc31)C2. The Bertz CT molecular complexity index is 1500. The molecule has 1 saturated carbocycles. The summed E-state index contributed by atoms with van der Waals surface area (Å²) < 4.78 is 7.75. The van der Waals surface area contributed by atoms with E-state index < -0.39 is 5.60 Å². The van der Waals surface area contributed by atoms with Crippen LogP contribution in [0.1, 0.15) is 55.7 Å². The van der Waals surface area contributed by atoms with Crippen LogP contribution in [0.25, 0.3) is 21.5 Å². The normalized spacial score (nSPS) is 21.0. The van der Waals surface area contributed by atoms with Gasteiger partial charge in [0.25, 0.3) is 5.91 Å². The first-order chi connectivity index (χ1) is 18.2. The molecule has 2 aliphatic rings. The van der Waals surface area contributed by atoms with E-state index in [1.165, 1.54) is 17.7 Å². The Morgan fingerprint density at radius 2 is 1.87 bits per heavy atom. The number of likely N-dealkylation sites (tertiary alicyclic amines) is 1. The maximum absolute atomic E-state index is 13.3. The zero-order valence-corrected chi connectivity index (χ0v) is 22.5. The van der Waals surface area contributed by atoms with Gasteiger partial charge in [-0.3, -0.25) is 10.1 Å². The highest BCUT2D eigenvalue weighted by molar-refractivity contribution is 7.17. The maximum Gasteiger partial charge on any atom is 0.410 e. The van der Waals surface area contributed by atoms with E-state index in [0.29, 0.717) is 23.9 Å². The summed E-state index contributed by atoms with van der Waals surface area (Å²) in [4.78, 5) is 42.1. The lowest BCUT2D eigenvalue weighted by Crippen LogP contribution is -2.43. The van der Waals surface area contributed by atoms with E-state index in [1.54, 1.807) is 12.4 Å². The summed E-state index contributed by atoms with van der Waals surface area (Å²) in [6.45, 7) is 7.09. The van der Waals surface area contributed by atoms with E-state index in [-0.39, 0.29) is 23.5 Å². The molecular formula is C28H30N6O3S. The summed E-state index contributed by atoms with van der Waals surface area (Å²) in [7, 11) is 0. The number of carbonyl (C=O) groups is 2. The second kappa shape index (κ2) is 9.20. The summed E-state index contributed by atoms with van der Waals surface area (Å²) in [5, 5.41) is 3.07. The van der Waals surface area contributed by atoms with Gasteiger partial charge < -0.3 is 14.2 Å². The van der Waals surface area contributed by atoms with Crippen LogP contribution in [0.4, 0.5) is 10.7 Å². The summed E-state index contributed by atoms with van der Waals surface area (Å²) in [5.74, 6) is 0.358. The van der Waals surface area contributed by atoms with Crippen molar-refractivity contribution < 1.29 is 14.3 Å². The zero-order valence-electron chi connectivity index (χ0n) is 21.7. The van der Waals surface area contributed by atoms with Gasteiger partial charge in [0.05, 0.1) is 15.9 Å². The van der Waals surface area contributed by atoms with Crippen molar-refractivity contribution in [1.29, 1.82) is 0 Å². The number of aromatic nitrogens is 4. The third-order valence-corrected chi connectivity index (χ3v) is 8.42. The highest BCUT2D eigenvalue weighted by Crippen LogP contribution is 2.55. The highest BCUT2D eigenvalue weighted by Gasteiger charge is 2.51. The van der Waals surface area contributed by atoms with Gasteiger partial charge in [-0.2, -0.15) is 0 Å². The molecule has 9 nitrogen and oxygen atoms in total. The minimum atomic E-state index is -0.504. The molecule has 1 aromatic carbocycles. The van der Waals surface area contributed by atoms with Gasteiger partial charge in [-0.25, -0.2) is 19.7 Å². The van der Waals surface area contributed by atoms with Gasteiger partial charge in [-0.05, 0) is 69.7 Å². The van der Waals surface area contributed by atoms with Crippen molar-refractivity contribution in [3.63, 3.8) is 0 Å². The smallest absolute Gasteiger partial charge is 0.410 e. The first-order valence-corrected chi connectivity index (χ1v) is 13.6. The van der Waals surface area contributed by atoms with Crippen LogP contribution in [0.15, 0.2) is 55.1 Å². The first-order valence-electron chi connectivity index (χ1n) is 12.8. The average molecular weight is 531 g/mol. The molecule has 196 valence electrons. The predicted octanol–water partition coefficient (Wildman–Crippen LogP) is 5.77. The van der Waals surface area contributed by atoms with E-state index in [1.807, 2.05) is 62.1 Å². The Morgan fingerprint density at radius 1 is 1.11 bits per heavy atom. The van der Waals surface area contributed by atoms with Gasteiger partial charge in [0.15, 0.2) is 0 Å². The third kappa shape index (κ3) is 4.64. The monoisotopic (exact) mass is 530 g/mol. The number of carbonyl (C=O) groups excluding carboxylic acids is 2. The van der Waals surface area contributed by atoms with E-state index in [2.05, 4.69) is 19.9 Å². The quantitative estimate of drug-likeness (QED) is 0.359. The molecule has 6 rings (SSSR count). The molecule has 10 heteroatoms. The highest BCUT2D eigenvalue weighted by atomic mass is 32.1. The van der Waals surface area contributed by atoms with Crippen LogP contribution in [0.3, 0.4) is 0 Å². The van der Waals surface area contributed by atoms with Gasteiger partial charge in [0.1, 0.15) is 11.9 Å². The number of rotatable bonds is 4. The van der Waals surface area contributed by atoms with Crippen molar-refractivity contribution in [1.82, 2.24) is 24.4 Å². The lowest BCUT2D eigenvalue weighted by atomic mass is 9.65. The van der Waals surface area contributed by atoms with Crippen LogP contribution in [-0.2, 0) is 4.74 Å². The van der Waals surface area contributed by atoms with Gasteiger partial charge in [0, 0.05) is 42.0 Å². The molecule has 0 unspecified atom stereocenters. The second-order valence-corrected chi connectivity index (χ2v) is 12.3. The number of fused-ring (bicyclic) bond motifs is 1. The fourth-order valence-electron chi connectivity index (χ4n) is 5.58. The molecule has 3 aromatic heterocycles. The Balaban J connectivity index is 1.20. The predicted molar refractivity (Wildman–Crippen MR) is 146 cm³/mol. The summed E-state index contributed by atoms with van der Waals surface area (Å²) >= 11 is 1.40. The summed E-state index contributed by atoms with van der Waals surface area (Å²) in [5.41, 5.74) is 2.29. The third-order valence-electron chi connectivity index (χ3n) is 7.29. The number of nitrogens with one attached hydrogen (secondary N) is 1. The molecular weight excluding hydrogens is 500 g/mol. The van der Waals surface area contributed by atoms with Crippen LogP contribution in [0.5, 0.6) is 0 Å². The van der Waals surface area contributed by atoms with Gasteiger partial charge in [-0.1, -0.05) is 12.1 Å². The molecule has 0 radical (unpaired) electrons. The van der Waals surface area contributed by atoms with Crippen molar-refractivity contribution in [2.24, 2.45) is 5.41 Å². The van der Waals surface area contributed by atoms with Crippen LogP contribution in [0, 0.1) is 5.41 Å². The number of nitrogens with zero attached hydrogens (tertiary/aromatic N) is 5. The molecule has 2 fully saturated rings. The molecule has 1 N–H and O–H groups in total. The van der Waals surface area contributed by atoms with Crippen molar-refractivity contribution in [2.45, 2.75) is 51.7 Å². The largest absolute Gasteiger partial charge is 0.444 e. The van der Waals surface area contributed by atoms with Crippen molar-refractivity contribution >= 4 is 40.3 Å². The van der Waals surface area contributed by atoms with Crippen LogP contribution in [0.2, 0.25) is 0 Å². The van der Waals surface area contributed by atoms with E-state index >= 15 is 0 Å². The number of amides is 2. The molecule has 38 heavy (non-hydrogen) atoms. The standard InChI is InChI=1S/C28H30N6O3S/c1-27(2,3)37-26(36)33-11-10-28(16-33)12-19(13-28)34-21-7-5-4-6-20(21)31-25(34)32-24(35)23-9-8-22(38-23)18-14-29-17-30-15-18/h4-9,14-15,17,19H,10-13,16H2,1-3H3,(H,31,32,35)/t19-,28-. The molecule has 1 aliphatic heterocycles. The second-order valence-electron chi connectivity index (χ2n) is 11.3. The number of para-hydroxylation sites is 2. The number of benzene rings is 1. The van der Waals surface area contributed by atoms with E-state index in [9.17, 15) is 9.59 Å². The van der Waals surface area contributed by atoms with Gasteiger partial charge in [0.2, 0.25) is 5.95 Å². The van der Waals surface area contributed by atoms with Crippen LogP contribution in [-0.4, -0.2) is 55.1 Å². The van der Waals surface area contributed by atoms with Crippen LogP contribution < -0.4 is 5.32 Å². The number of hydrogen-bond acceptors (Lipinski definition) is 7. The lowest BCUT2D eigenvalue weighted by Gasteiger charge is -2.46. The van der Waals surface area contributed by atoms with E-state index in [4.69, 9.17) is 9.72 Å². The fraction of sp³-hybridized carbons (Fsp3) is 0.393. The Morgan fingerprint density at radius 3 is 2.63 bits per heavy atom. The summed E-state index contributed by atoms with van der Waals surface area (Å²) in [6.07, 6.45) is 7.52. The molecule has 2 amide bonds. The van der Waals surface area contributed by atoms with E-state index in [0.717, 1.165) is 40.7 Å². The van der Waals surface area contributed by atoms with Crippen molar-refractivity contribution in [2.75, 3.05) is 18.4 Å². The number of anilines is 1. The summed E-state index contributed by atoms with van der Waals surface area (Å²) in [6, 6.07) is 11.9. The number of thiophene rings is 1. The minimum absolute atomic E-state index is 0.0780. The first kappa shape index (κ1) is 24.5.